The monoisotopic (exact) mass is 497 g/mol. The topological polar surface area (TPSA) is 83.8 Å². The third kappa shape index (κ3) is 4.15. The number of hydrogen-bond donors (Lipinski definition) is 1. The van der Waals surface area contributed by atoms with Gasteiger partial charge in [0, 0.05) is 26.3 Å². The molecule has 35 heavy (non-hydrogen) atoms. The standard InChI is InChI=1S/C26H35N5O3S/c1-18-13-25(16-33-18)8-11-31(12-9-25)23-19(15-32)29-21(14-28-23)35-20-5-10-27-24-22(20)34-17-26(30(24)2)6-3-4-7-26/h5,10,14,18,32H,3-4,6-9,11-13,15-17H2,1-2H3/t18-/m0/s1. The summed E-state index contributed by atoms with van der Waals surface area (Å²) in [5.41, 5.74) is 1.01. The molecule has 1 N–H and O–H groups in total. The maximum atomic E-state index is 10.1. The van der Waals surface area contributed by atoms with Gasteiger partial charge in [-0.25, -0.2) is 15.0 Å². The van der Waals surface area contributed by atoms with E-state index >= 15 is 0 Å². The zero-order valence-corrected chi connectivity index (χ0v) is 21.5. The van der Waals surface area contributed by atoms with Crippen LogP contribution in [0.25, 0.3) is 0 Å². The molecule has 3 aliphatic heterocycles. The summed E-state index contributed by atoms with van der Waals surface area (Å²) in [4.78, 5) is 19.8. The van der Waals surface area contributed by atoms with Crippen molar-refractivity contribution in [2.24, 2.45) is 5.41 Å². The van der Waals surface area contributed by atoms with Gasteiger partial charge in [0.15, 0.2) is 17.4 Å². The fraction of sp³-hybridized carbons (Fsp3) is 0.654. The van der Waals surface area contributed by atoms with Crippen molar-refractivity contribution in [1.29, 1.82) is 0 Å². The van der Waals surface area contributed by atoms with Crippen LogP contribution in [0.1, 0.15) is 57.6 Å². The number of anilines is 2. The molecule has 2 aromatic heterocycles. The van der Waals surface area contributed by atoms with Gasteiger partial charge in [-0.05, 0) is 50.5 Å². The molecule has 4 aliphatic rings. The zero-order valence-electron chi connectivity index (χ0n) is 20.7. The van der Waals surface area contributed by atoms with Crippen LogP contribution in [0.2, 0.25) is 0 Å². The van der Waals surface area contributed by atoms with Crippen molar-refractivity contribution in [2.75, 3.05) is 43.2 Å². The summed E-state index contributed by atoms with van der Waals surface area (Å²) < 4.78 is 12.2. The predicted molar refractivity (Wildman–Crippen MR) is 135 cm³/mol. The van der Waals surface area contributed by atoms with E-state index in [9.17, 15) is 5.11 Å². The van der Waals surface area contributed by atoms with Crippen LogP contribution in [-0.4, -0.2) is 65.1 Å². The molecule has 0 bridgehead atoms. The summed E-state index contributed by atoms with van der Waals surface area (Å²) in [7, 11) is 2.15. The molecule has 5 heterocycles. The van der Waals surface area contributed by atoms with E-state index in [2.05, 4.69) is 28.8 Å². The van der Waals surface area contributed by atoms with Crippen LogP contribution < -0.4 is 14.5 Å². The van der Waals surface area contributed by atoms with E-state index in [-0.39, 0.29) is 12.1 Å². The molecule has 8 nitrogen and oxygen atoms in total. The molecule has 2 aromatic rings. The largest absolute Gasteiger partial charge is 0.486 e. The summed E-state index contributed by atoms with van der Waals surface area (Å²) in [5.74, 6) is 2.53. The number of piperidine rings is 1. The number of aromatic nitrogens is 3. The van der Waals surface area contributed by atoms with E-state index in [4.69, 9.17) is 19.4 Å². The first kappa shape index (κ1) is 23.3. The van der Waals surface area contributed by atoms with Crippen molar-refractivity contribution in [3.05, 3.63) is 24.2 Å². The molecule has 0 amide bonds. The molecule has 0 radical (unpaired) electrons. The van der Waals surface area contributed by atoms with Crippen molar-refractivity contribution in [1.82, 2.24) is 15.0 Å². The van der Waals surface area contributed by atoms with Crippen molar-refractivity contribution in [3.63, 3.8) is 0 Å². The van der Waals surface area contributed by atoms with E-state index in [1.165, 1.54) is 24.6 Å². The maximum absolute atomic E-state index is 10.1. The summed E-state index contributed by atoms with van der Waals surface area (Å²) >= 11 is 1.52. The zero-order chi connectivity index (χ0) is 24.0. The molecule has 188 valence electrons. The van der Waals surface area contributed by atoms with E-state index in [0.717, 1.165) is 79.1 Å². The number of hydrogen-bond acceptors (Lipinski definition) is 9. The highest BCUT2D eigenvalue weighted by Gasteiger charge is 2.44. The highest BCUT2D eigenvalue weighted by molar-refractivity contribution is 7.99. The lowest BCUT2D eigenvalue weighted by Gasteiger charge is -2.44. The van der Waals surface area contributed by atoms with Gasteiger partial charge in [0.2, 0.25) is 0 Å². The maximum Gasteiger partial charge on any atom is 0.175 e. The van der Waals surface area contributed by atoms with Gasteiger partial charge in [-0.15, -0.1) is 0 Å². The SMILES string of the molecule is C[C@H]1CC2(CCN(c3ncc(Sc4ccnc5c4OCC4(CCCC4)N5C)nc3CO)CC2)CO1. The Labute approximate surface area is 211 Å². The summed E-state index contributed by atoms with van der Waals surface area (Å²) in [6.07, 6.45) is 12.1. The number of pyridine rings is 1. The van der Waals surface area contributed by atoms with Crippen LogP contribution >= 0.6 is 11.8 Å². The Bertz CT molecular complexity index is 1080. The van der Waals surface area contributed by atoms with E-state index in [1.807, 2.05) is 18.5 Å². The number of ether oxygens (including phenoxy) is 2. The molecule has 3 fully saturated rings. The van der Waals surface area contributed by atoms with E-state index < -0.39 is 0 Å². The minimum Gasteiger partial charge on any atom is -0.486 e. The first-order chi connectivity index (χ1) is 17.0. The second-order valence-corrected chi connectivity index (χ2v) is 11.9. The minimum atomic E-state index is -0.130. The molecule has 1 saturated carbocycles. The summed E-state index contributed by atoms with van der Waals surface area (Å²) in [5, 5.41) is 10.9. The lowest BCUT2D eigenvalue weighted by molar-refractivity contribution is 0.0975. The fourth-order valence-electron chi connectivity index (χ4n) is 6.44. The lowest BCUT2D eigenvalue weighted by atomic mass is 9.77. The number of likely N-dealkylation sites (N-methyl/N-ethyl adjacent to an activating group) is 1. The van der Waals surface area contributed by atoms with Gasteiger partial charge < -0.3 is 24.4 Å². The number of aliphatic hydroxyl groups is 1. The van der Waals surface area contributed by atoms with Crippen LogP contribution in [0.3, 0.4) is 0 Å². The average molecular weight is 498 g/mol. The number of fused-ring (bicyclic) bond motifs is 1. The fourth-order valence-corrected chi connectivity index (χ4v) is 7.30. The molecule has 0 aromatic carbocycles. The molecular formula is C26H35N5O3S. The quantitative estimate of drug-likeness (QED) is 0.672. The lowest BCUT2D eigenvalue weighted by Crippen LogP contribution is -2.52. The molecule has 2 spiro atoms. The summed E-state index contributed by atoms with van der Waals surface area (Å²) in [6.45, 7) is 5.44. The third-order valence-corrected chi connectivity index (χ3v) is 9.53. The van der Waals surface area contributed by atoms with Gasteiger partial charge in [0.05, 0.1) is 35.9 Å². The van der Waals surface area contributed by atoms with Crippen LogP contribution in [-0.2, 0) is 11.3 Å². The molecule has 9 heteroatoms. The van der Waals surface area contributed by atoms with Gasteiger partial charge in [-0.3, -0.25) is 0 Å². The number of rotatable bonds is 4. The second kappa shape index (κ2) is 9.09. The molecule has 1 atom stereocenters. The van der Waals surface area contributed by atoms with E-state index in [1.54, 1.807) is 0 Å². The summed E-state index contributed by atoms with van der Waals surface area (Å²) in [6, 6.07) is 1.98. The smallest absolute Gasteiger partial charge is 0.175 e. The van der Waals surface area contributed by atoms with Crippen LogP contribution in [0.15, 0.2) is 28.4 Å². The highest BCUT2D eigenvalue weighted by atomic mass is 32.2. The van der Waals surface area contributed by atoms with Crippen LogP contribution in [0, 0.1) is 5.41 Å². The Morgan fingerprint density at radius 1 is 1.11 bits per heavy atom. The Hall–Kier alpha value is -2.10. The van der Waals surface area contributed by atoms with Gasteiger partial charge in [-0.1, -0.05) is 24.6 Å². The Kier molecular flexibility index (Phi) is 6.05. The van der Waals surface area contributed by atoms with Gasteiger partial charge >= 0.3 is 0 Å². The number of aliphatic hydroxyl groups excluding tert-OH is 1. The van der Waals surface area contributed by atoms with Crippen LogP contribution in [0.5, 0.6) is 5.75 Å². The first-order valence-electron chi connectivity index (χ1n) is 12.9. The minimum absolute atomic E-state index is 0.0739. The third-order valence-electron chi connectivity index (χ3n) is 8.58. The van der Waals surface area contributed by atoms with Gasteiger partial charge in [-0.2, -0.15) is 0 Å². The highest BCUT2D eigenvalue weighted by Crippen LogP contribution is 2.48. The average Bonchev–Trinajstić information content (AvgIpc) is 3.50. The van der Waals surface area contributed by atoms with Crippen molar-refractivity contribution in [3.8, 4) is 5.75 Å². The van der Waals surface area contributed by atoms with E-state index in [0.29, 0.717) is 23.8 Å². The molecule has 1 aliphatic carbocycles. The van der Waals surface area contributed by atoms with Crippen molar-refractivity contribution < 1.29 is 14.6 Å². The number of nitrogens with zero attached hydrogens (tertiary/aromatic N) is 5. The Balaban J connectivity index is 1.20. The van der Waals surface area contributed by atoms with Crippen LogP contribution in [0.4, 0.5) is 11.6 Å². The first-order valence-corrected chi connectivity index (χ1v) is 13.7. The van der Waals surface area contributed by atoms with Gasteiger partial charge in [0.1, 0.15) is 17.3 Å². The van der Waals surface area contributed by atoms with Gasteiger partial charge in [0.25, 0.3) is 0 Å². The normalized spacial score (nSPS) is 24.7. The molecule has 2 saturated heterocycles. The Morgan fingerprint density at radius 3 is 2.63 bits per heavy atom. The second-order valence-electron chi connectivity index (χ2n) is 10.8. The predicted octanol–water partition coefficient (Wildman–Crippen LogP) is 4.05. The molecule has 0 unspecified atom stereocenters. The molecule has 6 rings (SSSR count). The van der Waals surface area contributed by atoms with Crippen molar-refractivity contribution >= 4 is 23.4 Å². The van der Waals surface area contributed by atoms with Crippen molar-refractivity contribution in [2.45, 2.75) is 80.0 Å². The molecular weight excluding hydrogens is 462 g/mol. The Morgan fingerprint density at radius 2 is 1.91 bits per heavy atom.